The summed E-state index contributed by atoms with van der Waals surface area (Å²) in [5.74, 6) is 0.691. The van der Waals surface area contributed by atoms with Crippen molar-refractivity contribution in [3.05, 3.63) is 240 Å². The normalized spacial score (nSPS) is 12.3. The number of rotatable bonds is 7. The zero-order chi connectivity index (χ0) is 38.2. The molecule has 0 amide bonds. The average Bonchev–Trinajstić information content (AvgIpc) is 3.61. The van der Waals surface area contributed by atoms with Gasteiger partial charge in [0.2, 0.25) is 0 Å². The Hall–Kier alpha value is -7.67. The second-order valence-corrected chi connectivity index (χ2v) is 14.5. The number of benzene rings is 8. The lowest BCUT2D eigenvalue weighted by Gasteiger charge is -2.34. The predicted octanol–water partition coefficient (Wildman–Crippen LogP) is 13.0. The molecule has 0 fully saturated rings. The summed E-state index contributed by atoms with van der Waals surface area (Å²) in [6, 6.07) is 77.0. The molecule has 1 aliphatic carbocycles. The Morgan fingerprint density at radius 3 is 1.26 bits per heavy atom. The third-order valence-corrected chi connectivity index (χ3v) is 11.2. The van der Waals surface area contributed by atoms with E-state index in [1.165, 1.54) is 33.4 Å². The van der Waals surface area contributed by atoms with Gasteiger partial charge in [-0.25, -0.2) is 9.97 Å². The van der Waals surface area contributed by atoms with Gasteiger partial charge in [0.15, 0.2) is 5.82 Å². The number of hydrogen-bond acceptors (Lipinski definition) is 3. The quantitative estimate of drug-likeness (QED) is 0.164. The topological polar surface area (TPSA) is 49.6 Å². The summed E-state index contributed by atoms with van der Waals surface area (Å²) in [7, 11) is 0. The third-order valence-electron chi connectivity index (χ3n) is 11.2. The minimum Gasteiger partial charge on any atom is -0.228 e. The maximum atomic E-state index is 9.45. The zero-order valence-corrected chi connectivity index (χ0v) is 31.0. The van der Waals surface area contributed by atoms with Crippen molar-refractivity contribution >= 4 is 0 Å². The highest BCUT2D eigenvalue weighted by molar-refractivity contribution is 5.87. The fourth-order valence-electron chi connectivity index (χ4n) is 8.53. The molecule has 3 nitrogen and oxygen atoms in total. The highest BCUT2D eigenvalue weighted by Crippen LogP contribution is 2.56. The van der Waals surface area contributed by atoms with Crippen LogP contribution in [-0.2, 0) is 5.41 Å². The van der Waals surface area contributed by atoms with Crippen LogP contribution < -0.4 is 0 Å². The molecule has 0 unspecified atom stereocenters. The predicted molar refractivity (Wildman–Crippen MR) is 231 cm³/mol. The number of aromatic nitrogens is 2. The molecule has 1 heterocycles. The SMILES string of the molecule is N#Cc1ccc(-c2cccc(C3(c4cccc(-c5ccc(-c6nc(-c7ccccc7)cc(-c7ccccc7)n6)cc5)c4)c4ccccc4-c4ccccc43)c2)cc1. The van der Waals surface area contributed by atoms with E-state index < -0.39 is 5.41 Å². The van der Waals surface area contributed by atoms with Crippen LogP contribution in [0.4, 0.5) is 0 Å². The van der Waals surface area contributed by atoms with Crippen molar-refractivity contribution < 1.29 is 0 Å². The molecule has 0 radical (unpaired) electrons. The van der Waals surface area contributed by atoms with Crippen LogP contribution >= 0.6 is 0 Å². The Kier molecular flexibility index (Phi) is 8.43. The van der Waals surface area contributed by atoms with Crippen LogP contribution in [0.25, 0.3) is 67.3 Å². The largest absolute Gasteiger partial charge is 0.228 e. The van der Waals surface area contributed by atoms with Gasteiger partial charge in [-0.05, 0) is 86.0 Å². The third kappa shape index (κ3) is 5.92. The second kappa shape index (κ2) is 14.2. The van der Waals surface area contributed by atoms with Gasteiger partial charge >= 0.3 is 0 Å². The Morgan fingerprint density at radius 1 is 0.351 bits per heavy atom. The van der Waals surface area contributed by atoms with Gasteiger partial charge in [0.1, 0.15) is 0 Å². The van der Waals surface area contributed by atoms with Gasteiger partial charge < -0.3 is 0 Å². The molecular formula is C54H35N3. The van der Waals surface area contributed by atoms with E-state index in [0.29, 0.717) is 11.4 Å². The summed E-state index contributed by atoms with van der Waals surface area (Å²) in [4.78, 5) is 10.1. The van der Waals surface area contributed by atoms with E-state index in [1.807, 2.05) is 60.7 Å². The molecule has 1 aliphatic rings. The Labute approximate surface area is 332 Å². The van der Waals surface area contributed by atoms with Crippen molar-refractivity contribution in [2.24, 2.45) is 0 Å². The monoisotopic (exact) mass is 725 g/mol. The lowest BCUT2D eigenvalue weighted by molar-refractivity contribution is 0.769. The molecule has 9 aromatic rings. The van der Waals surface area contributed by atoms with E-state index >= 15 is 0 Å². The maximum Gasteiger partial charge on any atom is 0.160 e. The summed E-state index contributed by atoms with van der Waals surface area (Å²) < 4.78 is 0. The number of nitrogens with zero attached hydrogens (tertiary/aromatic N) is 3. The molecule has 0 saturated heterocycles. The van der Waals surface area contributed by atoms with Crippen LogP contribution in [0, 0.1) is 11.3 Å². The van der Waals surface area contributed by atoms with Gasteiger partial charge in [-0.1, -0.05) is 182 Å². The Balaban J connectivity index is 1.10. The smallest absolute Gasteiger partial charge is 0.160 e. The molecule has 57 heavy (non-hydrogen) atoms. The number of hydrogen-bond donors (Lipinski definition) is 0. The van der Waals surface area contributed by atoms with E-state index in [4.69, 9.17) is 9.97 Å². The van der Waals surface area contributed by atoms with Crippen LogP contribution in [0.3, 0.4) is 0 Å². The van der Waals surface area contributed by atoms with Gasteiger partial charge in [-0.2, -0.15) is 5.26 Å². The molecule has 0 saturated carbocycles. The first-order chi connectivity index (χ1) is 28.2. The lowest BCUT2D eigenvalue weighted by Crippen LogP contribution is -2.28. The first-order valence-corrected chi connectivity index (χ1v) is 19.2. The lowest BCUT2D eigenvalue weighted by atomic mass is 9.67. The highest BCUT2D eigenvalue weighted by Gasteiger charge is 2.46. The molecule has 3 heteroatoms. The minimum atomic E-state index is -0.564. The summed E-state index contributed by atoms with van der Waals surface area (Å²) in [5, 5.41) is 9.45. The van der Waals surface area contributed by atoms with Crippen molar-refractivity contribution in [1.29, 1.82) is 5.26 Å². The average molecular weight is 726 g/mol. The zero-order valence-electron chi connectivity index (χ0n) is 31.0. The Morgan fingerprint density at radius 2 is 0.772 bits per heavy atom. The van der Waals surface area contributed by atoms with Crippen molar-refractivity contribution in [3.63, 3.8) is 0 Å². The van der Waals surface area contributed by atoms with E-state index in [0.717, 1.165) is 50.3 Å². The molecule has 0 bridgehead atoms. The van der Waals surface area contributed by atoms with Gasteiger partial charge in [0.05, 0.1) is 28.4 Å². The fourth-order valence-corrected chi connectivity index (χ4v) is 8.53. The molecular weight excluding hydrogens is 691 g/mol. The standard InChI is InChI=1S/C54H35N3/c55-36-37-25-27-38(28-26-37)43-17-11-19-45(33-43)54(49-23-9-7-21-47(49)48-22-8-10-24-50(48)54)46-20-12-18-44(34-46)39-29-31-42(32-30-39)53-56-51(40-13-3-1-4-14-40)35-52(57-53)41-15-5-2-6-16-41/h1-35H. The van der Waals surface area contributed by atoms with Crippen LogP contribution in [0.1, 0.15) is 27.8 Å². The highest BCUT2D eigenvalue weighted by atomic mass is 14.9. The van der Waals surface area contributed by atoms with Crippen molar-refractivity contribution in [2.45, 2.75) is 5.41 Å². The number of nitriles is 1. The maximum absolute atomic E-state index is 9.45. The molecule has 0 atom stereocenters. The van der Waals surface area contributed by atoms with E-state index in [2.05, 4.69) is 158 Å². The van der Waals surface area contributed by atoms with Crippen LogP contribution in [0.15, 0.2) is 212 Å². The van der Waals surface area contributed by atoms with Gasteiger partial charge in [0.25, 0.3) is 0 Å². The summed E-state index contributed by atoms with van der Waals surface area (Å²) in [6.07, 6.45) is 0. The van der Waals surface area contributed by atoms with E-state index in [9.17, 15) is 5.26 Å². The van der Waals surface area contributed by atoms with Crippen molar-refractivity contribution in [2.75, 3.05) is 0 Å². The first-order valence-electron chi connectivity index (χ1n) is 19.2. The van der Waals surface area contributed by atoms with Crippen molar-refractivity contribution in [3.8, 4) is 73.4 Å². The molecule has 10 rings (SSSR count). The first kappa shape index (κ1) is 33.9. The van der Waals surface area contributed by atoms with Crippen LogP contribution in [-0.4, -0.2) is 9.97 Å². The van der Waals surface area contributed by atoms with E-state index in [-0.39, 0.29) is 0 Å². The summed E-state index contributed by atoms with van der Waals surface area (Å²) in [5.41, 5.74) is 16.8. The summed E-state index contributed by atoms with van der Waals surface area (Å²) >= 11 is 0. The molecule has 0 aliphatic heterocycles. The fraction of sp³-hybridized carbons (Fsp3) is 0.0185. The van der Waals surface area contributed by atoms with Crippen LogP contribution in [0.5, 0.6) is 0 Å². The Bertz CT molecular complexity index is 2840. The number of fused-ring (bicyclic) bond motifs is 3. The van der Waals surface area contributed by atoms with Crippen LogP contribution in [0.2, 0.25) is 0 Å². The molecule has 0 N–H and O–H groups in total. The van der Waals surface area contributed by atoms with E-state index in [1.54, 1.807) is 0 Å². The molecule has 8 aromatic carbocycles. The van der Waals surface area contributed by atoms with Crippen molar-refractivity contribution in [1.82, 2.24) is 9.97 Å². The molecule has 0 spiro atoms. The van der Waals surface area contributed by atoms with Gasteiger partial charge in [-0.3, -0.25) is 0 Å². The minimum absolute atomic E-state index is 0.564. The van der Waals surface area contributed by atoms with Gasteiger partial charge in [0, 0.05) is 16.7 Å². The van der Waals surface area contributed by atoms with Gasteiger partial charge in [-0.15, -0.1) is 0 Å². The second-order valence-electron chi connectivity index (χ2n) is 14.5. The molecule has 266 valence electrons. The molecule has 1 aromatic heterocycles. The summed E-state index contributed by atoms with van der Waals surface area (Å²) in [6.45, 7) is 0.